The van der Waals surface area contributed by atoms with Crippen molar-refractivity contribution in [3.63, 3.8) is 0 Å². The number of amides is 1. The van der Waals surface area contributed by atoms with Gasteiger partial charge in [-0.15, -0.1) is 0 Å². The minimum atomic E-state index is -1.03. The Hall–Kier alpha value is -3.76. The number of hydrogen-bond acceptors (Lipinski definition) is 8. The number of halogens is 1. The van der Waals surface area contributed by atoms with Crippen molar-refractivity contribution in [2.24, 2.45) is 0 Å². The minimum Gasteiger partial charge on any atom is -0.454 e. The monoisotopic (exact) mass is 484 g/mol. The van der Waals surface area contributed by atoms with Gasteiger partial charge < -0.3 is 14.2 Å². The molecule has 0 fully saturated rings. The second-order valence-electron chi connectivity index (χ2n) is 6.97. The van der Waals surface area contributed by atoms with Crippen molar-refractivity contribution < 1.29 is 28.7 Å². The van der Waals surface area contributed by atoms with Gasteiger partial charge in [0, 0.05) is 20.9 Å². The Bertz CT molecular complexity index is 1330. The second kappa shape index (κ2) is 8.30. The molecular formula is C22H13ClN2O7S. The van der Waals surface area contributed by atoms with Gasteiger partial charge in [0.05, 0.1) is 22.4 Å². The number of nitrogens with zero attached hydrogens (tertiary/aromatic N) is 2. The van der Waals surface area contributed by atoms with E-state index in [1.807, 2.05) is 12.1 Å². The summed E-state index contributed by atoms with van der Waals surface area (Å²) in [5.74, 6) is -1.22. The predicted molar refractivity (Wildman–Crippen MR) is 119 cm³/mol. The maximum Gasteiger partial charge on any atom is 0.345 e. The van der Waals surface area contributed by atoms with E-state index in [0.717, 1.165) is 15.9 Å². The molecule has 9 nitrogen and oxygen atoms in total. The average molecular weight is 485 g/mol. The van der Waals surface area contributed by atoms with Crippen LogP contribution in [0.1, 0.15) is 10.4 Å². The maximum absolute atomic E-state index is 13.2. The Balaban J connectivity index is 1.42. The first-order valence-electron chi connectivity index (χ1n) is 9.57. The number of para-hydroxylation sites is 1. The Morgan fingerprint density at radius 2 is 1.79 bits per heavy atom. The van der Waals surface area contributed by atoms with E-state index in [2.05, 4.69) is 0 Å². The number of carbonyl (C=O) groups excluding carboxylic acids is 2. The molecule has 0 saturated heterocycles. The highest BCUT2D eigenvalue weighted by Crippen LogP contribution is 2.48. The fraction of sp³-hybridized carbons (Fsp3) is 0.0909. The summed E-state index contributed by atoms with van der Waals surface area (Å²) < 4.78 is 15.5. The fourth-order valence-electron chi connectivity index (χ4n) is 3.51. The van der Waals surface area contributed by atoms with Gasteiger partial charge in [-0.2, -0.15) is 0 Å². The number of benzene rings is 3. The van der Waals surface area contributed by atoms with E-state index in [4.69, 9.17) is 25.8 Å². The number of fused-ring (bicyclic) bond motifs is 3. The summed E-state index contributed by atoms with van der Waals surface area (Å²) in [7, 11) is 0. The Morgan fingerprint density at radius 3 is 2.58 bits per heavy atom. The molecule has 0 spiro atoms. The molecule has 0 aliphatic carbocycles. The molecule has 0 atom stereocenters. The zero-order valence-corrected chi connectivity index (χ0v) is 18.2. The summed E-state index contributed by atoms with van der Waals surface area (Å²) in [4.78, 5) is 39.7. The summed E-state index contributed by atoms with van der Waals surface area (Å²) in [6.07, 6.45) is 0. The van der Waals surface area contributed by atoms with Crippen LogP contribution in [0, 0.1) is 10.1 Å². The molecule has 33 heavy (non-hydrogen) atoms. The van der Waals surface area contributed by atoms with Gasteiger partial charge in [0.2, 0.25) is 6.79 Å². The Labute approximate surface area is 195 Å². The fourth-order valence-corrected chi connectivity index (χ4v) is 4.72. The number of esters is 1. The van der Waals surface area contributed by atoms with Gasteiger partial charge in [-0.3, -0.25) is 19.8 Å². The first-order chi connectivity index (χ1) is 15.9. The lowest BCUT2D eigenvalue weighted by Crippen LogP contribution is -2.32. The van der Waals surface area contributed by atoms with E-state index in [-0.39, 0.29) is 23.9 Å². The van der Waals surface area contributed by atoms with Gasteiger partial charge in [0.15, 0.2) is 18.1 Å². The highest BCUT2D eigenvalue weighted by Gasteiger charge is 2.31. The van der Waals surface area contributed by atoms with Crippen molar-refractivity contribution in [1.29, 1.82) is 0 Å². The standard InChI is InChI=1S/C22H13ClN2O7S/c23-12-5-6-20-16(7-12)24(14-3-1-2-4-19(14)33-20)21(26)10-30-22(27)13-8-17-18(32-11-31-17)9-15(13)25(28)29/h1-9H,10-11H2. The molecule has 0 bridgehead atoms. The van der Waals surface area contributed by atoms with Gasteiger partial charge in [0.25, 0.3) is 11.6 Å². The van der Waals surface area contributed by atoms with Crippen LogP contribution in [0.2, 0.25) is 5.02 Å². The topological polar surface area (TPSA) is 108 Å². The summed E-state index contributed by atoms with van der Waals surface area (Å²) in [5.41, 5.74) is 0.331. The van der Waals surface area contributed by atoms with E-state index in [1.165, 1.54) is 22.7 Å². The Morgan fingerprint density at radius 1 is 1.06 bits per heavy atom. The molecule has 0 aromatic heterocycles. The van der Waals surface area contributed by atoms with Gasteiger partial charge in [0.1, 0.15) is 5.56 Å². The molecule has 11 heteroatoms. The van der Waals surface area contributed by atoms with E-state index >= 15 is 0 Å². The number of nitro benzene ring substituents is 1. The van der Waals surface area contributed by atoms with Crippen molar-refractivity contribution in [3.05, 3.63) is 75.3 Å². The molecule has 1 amide bonds. The van der Waals surface area contributed by atoms with Crippen LogP contribution in [-0.4, -0.2) is 30.2 Å². The SMILES string of the molecule is O=C(OCC(=O)N1c2ccccc2Sc2ccc(Cl)cc21)c1cc2c(cc1[N+](=O)[O-])OCO2. The molecule has 2 aliphatic heterocycles. The molecule has 0 radical (unpaired) electrons. The van der Waals surface area contributed by atoms with Crippen LogP contribution in [0.15, 0.2) is 64.4 Å². The minimum absolute atomic E-state index is 0.113. The summed E-state index contributed by atoms with van der Waals surface area (Å²) in [6.45, 7) is -0.757. The molecule has 0 unspecified atom stereocenters. The van der Waals surface area contributed by atoms with Crippen molar-refractivity contribution >= 4 is 52.3 Å². The molecule has 3 aromatic carbocycles. The van der Waals surface area contributed by atoms with Crippen molar-refractivity contribution in [1.82, 2.24) is 0 Å². The molecule has 0 saturated carbocycles. The largest absolute Gasteiger partial charge is 0.454 e. The molecule has 5 rings (SSSR count). The van der Waals surface area contributed by atoms with Gasteiger partial charge in [-0.05, 0) is 30.3 Å². The highest BCUT2D eigenvalue weighted by molar-refractivity contribution is 7.99. The second-order valence-corrected chi connectivity index (χ2v) is 8.49. The first-order valence-corrected chi connectivity index (χ1v) is 10.8. The highest BCUT2D eigenvalue weighted by atomic mass is 35.5. The number of ether oxygens (including phenoxy) is 3. The van der Waals surface area contributed by atoms with E-state index in [0.29, 0.717) is 16.4 Å². The van der Waals surface area contributed by atoms with Gasteiger partial charge in [-0.1, -0.05) is 35.5 Å². The van der Waals surface area contributed by atoms with E-state index in [9.17, 15) is 19.7 Å². The summed E-state index contributed by atoms with van der Waals surface area (Å²) >= 11 is 7.65. The van der Waals surface area contributed by atoms with Crippen LogP contribution in [0.4, 0.5) is 17.1 Å². The smallest absolute Gasteiger partial charge is 0.345 e. The molecule has 166 valence electrons. The lowest BCUT2D eigenvalue weighted by Gasteiger charge is -2.31. The zero-order chi connectivity index (χ0) is 23.1. The van der Waals surface area contributed by atoms with Crippen molar-refractivity contribution in [2.75, 3.05) is 18.3 Å². The van der Waals surface area contributed by atoms with Gasteiger partial charge >= 0.3 is 5.97 Å². The zero-order valence-electron chi connectivity index (χ0n) is 16.6. The van der Waals surface area contributed by atoms with Crippen molar-refractivity contribution in [3.8, 4) is 11.5 Å². The number of nitro groups is 1. The van der Waals surface area contributed by atoms with Crippen LogP contribution < -0.4 is 14.4 Å². The van der Waals surface area contributed by atoms with E-state index < -0.39 is 29.1 Å². The van der Waals surface area contributed by atoms with Crippen LogP contribution in [0.3, 0.4) is 0 Å². The quantitative estimate of drug-likeness (QED) is 0.290. The molecule has 2 aliphatic rings. The third-order valence-corrected chi connectivity index (χ3v) is 6.34. The van der Waals surface area contributed by atoms with Crippen LogP contribution in [0.5, 0.6) is 11.5 Å². The number of hydrogen-bond donors (Lipinski definition) is 0. The molecule has 3 aromatic rings. The number of anilines is 2. The third kappa shape index (κ3) is 3.83. The summed E-state index contributed by atoms with van der Waals surface area (Å²) in [6, 6.07) is 14.7. The van der Waals surface area contributed by atoms with Crippen molar-refractivity contribution in [2.45, 2.75) is 9.79 Å². The molecule has 2 heterocycles. The lowest BCUT2D eigenvalue weighted by atomic mass is 10.1. The van der Waals surface area contributed by atoms with Crippen LogP contribution in [0.25, 0.3) is 0 Å². The first kappa shape index (κ1) is 21.1. The predicted octanol–water partition coefficient (Wildman–Crippen LogP) is 4.96. The van der Waals surface area contributed by atoms with Gasteiger partial charge in [-0.25, -0.2) is 4.79 Å². The average Bonchev–Trinajstić information content (AvgIpc) is 3.27. The molecule has 0 N–H and O–H groups in total. The number of rotatable bonds is 4. The number of carbonyl (C=O) groups is 2. The summed E-state index contributed by atoms with van der Waals surface area (Å²) in [5, 5.41) is 11.9. The maximum atomic E-state index is 13.2. The van der Waals surface area contributed by atoms with Crippen LogP contribution in [-0.2, 0) is 9.53 Å². The lowest BCUT2D eigenvalue weighted by molar-refractivity contribution is -0.385. The van der Waals surface area contributed by atoms with E-state index in [1.54, 1.807) is 30.3 Å². The third-order valence-electron chi connectivity index (χ3n) is 4.97. The molecular weight excluding hydrogens is 472 g/mol. The Kier molecular flexibility index (Phi) is 5.31. The van der Waals surface area contributed by atoms with Crippen LogP contribution >= 0.6 is 23.4 Å². The normalized spacial score (nSPS) is 13.2.